The van der Waals surface area contributed by atoms with E-state index in [0.29, 0.717) is 0 Å². The molecular formula is C40H52B2O4. The monoisotopic (exact) mass is 618 g/mol. The van der Waals surface area contributed by atoms with Crippen molar-refractivity contribution in [3.8, 4) is 11.1 Å². The number of hydrogen-bond acceptors (Lipinski definition) is 4. The fourth-order valence-electron chi connectivity index (χ4n) is 6.96. The second-order valence-electron chi connectivity index (χ2n) is 15.5. The zero-order valence-electron chi connectivity index (χ0n) is 29.6. The molecule has 2 saturated heterocycles. The first-order valence-electron chi connectivity index (χ1n) is 17.5. The van der Waals surface area contributed by atoms with Gasteiger partial charge < -0.3 is 18.6 Å². The quantitative estimate of drug-likeness (QED) is 0.101. The van der Waals surface area contributed by atoms with E-state index in [0.717, 1.165) is 38.9 Å². The summed E-state index contributed by atoms with van der Waals surface area (Å²) in [6, 6.07) is 24.4. The third-order valence-corrected chi connectivity index (χ3v) is 11.2. The van der Waals surface area contributed by atoms with E-state index in [-0.39, 0.29) is 0 Å². The number of aryl methyl sites for hydroxylation is 1. The van der Waals surface area contributed by atoms with Gasteiger partial charge in [-0.25, -0.2) is 0 Å². The van der Waals surface area contributed by atoms with E-state index >= 15 is 0 Å². The maximum atomic E-state index is 6.78. The molecule has 0 aromatic heterocycles. The van der Waals surface area contributed by atoms with Gasteiger partial charge in [-0.2, -0.15) is 0 Å². The lowest BCUT2D eigenvalue weighted by Gasteiger charge is -2.32. The van der Waals surface area contributed by atoms with Crippen molar-refractivity contribution in [3.05, 3.63) is 72.3 Å². The van der Waals surface area contributed by atoms with Gasteiger partial charge in [0.05, 0.1) is 22.4 Å². The van der Waals surface area contributed by atoms with E-state index in [1.807, 2.05) is 0 Å². The van der Waals surface area contributed by atoms with Crippen LogP contribution >= 0.6 is 0 Å². The molecule has 2 aliphatic heterocycles. The lowest BCUT2D eigenvalue weighted by molar-refractivity contribution is 0.00578. The van der Waals surface area contributed by atoms with Gasteiger partial charge in [-0.3, -0.25) is 0 Å². The van der Waals surface area contributed by atoms with Crippen molar-refractivity contribution >= 4 is 46.7 Å². The summed E-state index contributed by atoms with van der Waals surface area (Å²) in [7, 11) is -1.02. The molecule has 0 N–H and O–H groups in total. The molecule has 46 heavy (non-hydrogen) atoms. The molecule has 242 valence electrons. The molecule has 0 spiro atoms. The largest absolute Gasteiger partial charge is 0.496 e. The highest BCUT2D eigenvalue weighted by molar-refractivity contribution is 6.73. The van der Waals surface area contributed by atoms with E-state index in [4.69, 9.17) is 18.6 Å². The van der Waals surface area contributed by atoms with Gasteiger partial charge in [0.1, 0.15) is 0 Å². The molecule has 0 bridgehead atoms. The molecule has 6 rings (SSSR count). The Bertz CT molecular complexity index is 1690. The van der Waals surface area contributed by atoms with Crippen LogP contribution in [0.15, 0.2) is 66.7 Å². The van der Waals surface area contributed by atoms with Crippen molar-refractivity contribution in [2.75, 3.05) is 0 Å². The Morgan fingerprint density at radius 3 is 1.52 bits per heavy atom. The Balaban J connectivity index is 1.52. The third-order valence-electron chi connectivity index (χ3n) is 11.2. The predicted octanol–water partition coefficient (Wildman–Crippen LogP) is 9.16. The summed E-state index contributed by atoms with van der Waals surface area (Å²) >= 11 is 0. The number of fused-ring (bicyclic) bond motifs is 2. The van der Waals surface area contributed by atoms with Gasteiger partial charge in [0.25, 0.3) is 0 Å². The van der Waals surface area contributed by atoms with E-state index in [1.54, 1.807) is 0 Å². The molecule has 2 fully saturated rings. The van der Waals surface area contributed by atoms with Crippen LogP contribution in [0.1, 0.15) is 106 Å². The number of hydrogen-bond donors (Lipinski definition) is 0. The molecule has 2 aliphatic rings. The molecule has 0 aliphatic carbocycles. The van der Waals surface area contributed by atoms with Crippen LogP contribution in [0.5, 0.6) is 0 Å². The molecule has 0 unspecified atom stereocenters. The summed E-state index contributed by atoms with van der Waals surface area (Å²) in [5.41, 5.74) is 4.21. The topological polar surface area (TPSA) is 36.9 Å². The highest BCUT2D eigenvalue weighted by Crippen LogP contribution is 2.41. The zero-order chi connectivity index (χ0) is 32.9. The molecule has 4 nitrogen and oxygen atoms in total. The van der Waals surface area contributed by atoms with Crippen LogP contribution in [0.4, 0.5) is 0 Å². The minimum absolute atomic E-state index is 0.453. The van der Waals surface area contributed by atoms with Crippen LogP contribution in [0.25, 0.3) is 32.7 Å². The number of rotatable bonds is 10. The van der Waals surface area contributed by atoms with Crippen molar-refractivity contribution in [3.63, 3.8) is 0 Å². The standard InChI is InChI=1S/C40H52B2O4/c1-10-11-12-13-14-15-20-28-21-16-17-22-30(28)29-25-26-33-34(27-29)36(42-45-39(6,7)40(8,9)46-42)32-24-19-18-23-31(32)35(33)41-43-37(2,3)38(4,5)44-41/h16-19,21-27H,10-15,20H2,1-9H3. The average Bonchev–Trinajstić information content (AvgIpc) is 3.36. The molecule has 6 heteroatoms. The highest BCUT2D eigenvalue weighted by Gasteiger charge is 2.55. The minimum Gasteiger partial charge on any atom is -0.399 e. The van der Waals surface area contributed by atoms with Crippen molar-refractivity contribution < 1.29 is 18.6 Å². The first-order chi connectivity index (χ1) is 21.8. The van der Waals surface area contributed by atoms with Gasteiger partial charge in [0.2, 0.25) is 0 Å². The molecule has 4 aromatic rings. The van der Waals surface area contributed by atoms with Gasteiger partial charge in [-0.1, -0.05) is 99.7 Å². The number of benzene rings is 4. The van der Waals surface area contributed by atoms with Gasteiger partial charge in [-0.05, 0) is 123 Å². The first-order valence-corrected chi connectivity index (χ1v) is 17.5. The van der Waals surface area contributed by atoms with Crippen molar-refractivity contribution in [2.45, 2.75) is 130 Å². The van der Waals surface area contributed by atoms with Crippen LogP contribution in [0, 0.1) is 0 Å². The summed E-state index contributed by atoms with van der Waals surface area (Å²) in [5, 5.41) is 4.44. The normalized spacial score (nSPS) is 19.8. The summed E-state index contributed by atoms with van der Waals surface area (Å²) in [4.78, 5) is 0. The maximum Gasteiger partial charge on any atom is 0.496 e. The van der Waals surface area contributed by atoms with Crippen molar-refractivity contribution in [2.24, 2.45) is 0 Å². The molecule has 0 amide bonds. The van der Waals surface area contributed by atoms with Crippen LogP contribution < -0.4 is 10.9 Å². The Morgan fingerprint density at radius 2 is 0.957 bits per heavy atom. The Hall–Kier alpha value is -2.63. The molecule has 0 atom stereocenters. The summed E-state index contributed by atoms with van der Waals surface area (Å²) in [6.07, 6.45) is 8.85. The molecule has 0 radical (unpaired) electrons. The van der Waals surface area contributed by atoms with E-state index < -0.39 is 36.6 Å². The lowest BCUT2D eigenvalue weighted by Crippen LogP contribution is -2.41. The Morgan fingerprint density at radius 1 is 0.500 bits per heavy atom. The fraction of sp³-hybridized carbons (Fsp3) is 0.500. The summed E-state index contributed by atoms with van der Waals surface area (Å²) in [6.45, 7) is 19.3. The molecule has 4 aromatic carbocycles. The van der Waals surface area contributed by atoms with Crippen LogP contribution in [0.3, 0.4) is 0 Å². The van der Waals surface area contributed by atoms with Gasteiger partial charge in [0.15, 0.2) is 0 Å². The minimum atomic E-state index is -0.515. The predicted molar refractivity (Wildman–Crippen MR) is 195 cm³/mol. The summed E-state index contributed by atoms with van der Waals surface area (Å²) in [5.74, 6) is 0. The zero-order valence-corrected chi connectivity index (χ0v) is 29.6. The van der Waals surface area contributed by atoms with Gasteiger partial charge >= 0.3 is 14.2 Å². The smallest absolute Gasteiger partial charge is 0.399 e. The van der Waals surface area contributed by atoms with Crippen LogP contribution in [-0.2, 0) is 25.0 Å². The second-order valence-corrected chi connectivity index (χ2v) is 15.5. The van der Waals surface area contributed by atoms with E-state index in [1.165, 1.54) is 55.2 Å². The Kier molecular flexibility index (Phi) is 8.99. The maximum absolute atomic E-state index is 6.78. The fourth-order valence-corrected chi connectivity index (χ4v) is 6.96. The highest BCUT2D eigenvalue weighted by atomic mass is 16.7. The van der Waals surface area contributed by atoms with Crippen LogP contribution in [0.2, 0.25) is 0 Å². The van der Waals surface area contributed by atoms with Crippen LogP contribution in [-0.4, -0.2) is 36.6 Å². The van der Waals surface area contributed by atoms with Gasteiger partial charge in [-0.15, -0.1) is 0 Å². The SMILES string of the molecule is CCCCCCCCc1ccccc1-c1ccc2c(B3OC(C)(C)C(C)(C)O3)c3ccccc3c(B3OC(C)(C)C(C)(C)O3)c2c1. The lowest BCUT2D eigenvalue weighted by atomic mass is 9.66. The van der Waals surface area contributed by atoms with Crippen molar-refractivity contribution in [1.29, 1.82) is 0 Å². The Labute approximate surface area is 277 Å². The molecule has 2 heterocycles. The summed E-state index contributed by atoms with van der Waals surface area (Å²) < 4.78 is 27.0. The first kappa shape index (κ1) is 33.3. The number of unbranched alkanes of at least 4 members (excludes halogenated alkanes) is 5. The van der Waals surface area contributed by atoms with Crippen molar-refractivity contribution in [1.82, 2.24) is 0 Å². The van der Waals surface area contributed by atoms with E-state index in [2.05, 4.69) is 129 Å². The van der Waals surface area contributed by atoms with E-state index in [9.17, 15) is 0 Å². The van der Waals surface area contributed by atoms with Gasteiger partial charge in [0, 0.05) is 0 Å². The molecular weight excluding hydrogens is 566 g/mol. The average molecular weight is 618 g/mol. The third kappa shape index (κ3) is 5.96. The second kappa shape index (κ2) is 12.4. The molecule has 0 saturated carbocycles.